The molecule has 0 spiro atoms. The minimum absolute atomic E-state index is 0.266. The Kier molecular flexibility index (Phi) is 6.84. The quantitative estimate of drug-likeness (QED) is 0.637. The van der Waals surface area contributed by atoms with Crippen molar-refractivity contribution in [1.82, 2.24) is 20.3 Å². The first kappa shape index (κ1) is 20.4. The lowest BCUT2D eigenvalue weighted by Crippen LogP contribution is -2.29. The molecule has 2 heterocycles. The molecular formula is C22H24FN5O. The van der Waals surface area contributed by atoms with Crippen LogP contribution in [0.3, 0.4) is 0 Å². The van der Waals surface area contributed by atoms with Crippen LogP contribution in [0, 0.1) is 12.7 Å². The van der Waals surface area contributed by atoms with Crippen molar-refractivity contribution in [2.45, 2.75) is 19.8 Å². The molecule has 6 nitrogen and oxygen atoms in total. The molecule has 7 heteroatoms. The zero-order chi connectivity index (χ0) is 20.6. The van der Waals surface area contributed by atoms with Crippen molar-refractivity contribution in [1.29, 1.82) is 0 Å². The van der Waals surface area contributed by atoms with Crippen molar-refractivity contribution in [2.24, 2.45) is 0 Å². The van der Waals surface area contributed by atoms with Crippen molar-refractivity contribution in [3.8, 4) is 0 Å². The van der Waals surface area contributed by atoms with Gasteiger partial charge < -0.3 is 10.2 Å². The minimum Gasteiger partial charge on any atom is -0.350 e. The third-order valence-corrected chi connectivity index (χ3v) is 4.54. The zero-order valence-electron chi connectivity index (χ0n) is 16.6. The Hall–Kier alpha value is -3.35. The molecule has 1 N–H and O–H groups in total. The Morgan fingerprint density at radius 3 is 2.62 bits per heavy atom. The fourth-order valence-electron chi connectivity index (χ4n) is 2.89. The Morgan fingerprint density at radius 1 is 1.10 bits per heavy atom. The van der Waals surface area contributed by atoms with Gasteiger partial charge in [-0.25, -0.2) is 14.4 Å². The number of hydrogen-bond donors (Lipinski definition) is 1. The SMILES string of the molecule is Cc1cc(C(=O)NCCc2ccccc2F)nc(N(C)CCc2ccncc2)n1. The van der Waals surface area contributed by atoms with Gasteiger partial charge in [-0.2, -0.15) is 0 Å². The largest absolute Gasteiger partial charge is 0.350 e. The molecule has 0 aliphatic carbocycles. The smallest absolute Gasteiger partial charge is 0.270 e. The zero-order valence-corrected chi connectivity index (χ0v) is 16.6. The van der Waals surface area contributed by atoms with Gasteiger partial charge in [0.2, 0.25) is 5.95 Å². The van der Waals surface area contributed by atoms with E-state index in [9.17, 15) is 9.18 Å². The van der Waals surface area contributed by atoms with E-state index in [4.69, 9.17) is 0 Å². The molecule has 0 atom stereocenters. The van der Waals surface area contributed by atoms with E-state index in [0.29, 0.717) is 42.4 Å². The average molecular weight is 393 g/mol. The Bertz CT molecular complexity index is 964. The fourth-order valence-corrected chi connectivity index (χ4v) is 2.89. The van der Waals surface area contributed by atoms with E-state index < -0.39 is 0 Å². The lowest BCUT2D eigenvalue weighted by molar-refractivity contribution is 0.0949. The summed E-state index contributed by atoms with van der Waals surface area (Å²) in [6.45, 7) is 2.87. The minimum atomic E-state index is -0.296. The number of nitrogens with zero attached hydrogens (tertiary/aromatic N) is 4. The van der Waals surface area contributed by atoms with Crippen LogP contribution in [0.1, 0.15) is 27.3 Å². The Labute approximate surface area is 169 Å². The Morgan fingerprint density at radius 2 is 1.86 bits per heavy atom. The second-order valence-corrected chi connectivity index (χ2v) is 6.82. The number of aromatic nitrogens is 3. The first-order valence-electron chi connectivity index (χ1n) is 9.50. The highest BCUT2D eigenvalue weighted by molar-refractivity contribution is 5.92. The van der Waals surface area contributed by atoms with Gasteiger partial charge in [0, 0.05) is 38.2 Å². The molecule has 3 rings (SSSR count). The number of nitrogens with one attached hydrogen (secondary N) is 1. The highest BCUT2D eigenvalue weighted by Gasteiger charge is 2.13. The summed E-state index contributed by atoms with van der Waals surface area (Å²) < 4.78 is 13.7. The summed E-state index contributed by atoms with van der Waals surface area (Å²) in [6, 6.07) is 12.2. The molecule has 0 aliphatic rings. The van der Waals surface area contributed by atoms with Crippen LogP contribution in [0.2, 0.25) is 0 Å². The molecule has 0 radical (unpaired) electrons. The van der Waals surface area contributed by atoms with E-state index in [1.807, 2.05) is 31.0 Å². The van der Waals surface area contributed by atoms with Gasteiger partial charge in [-0.3, -0.25) is 9.78 Å². The predicted molar refractivity (Wildman–Crippen MR) is 110 cm³/mol. The van der Waals surface area contributed by atoms with Crippen LogP contribution in [-0.4, -0.2) is 41.0 Å². The molecule has 1 aromatic carbocycles. The van der Waals surface area contributed by atoms with Crippen molar-refractivity contribution < 1.29 is 9.18 Å². The monoisotopic (exact) mass is 393 g/mol. The Balaban J connectivity index is 1.60. The third kappa shape index (κ3) is 5.81. The molecule has 1 amide bonds. The summed E-state index contributed by atoms with van der Waals surface area (Å²) in [5.74, 6) is -0.0633. The summed E-state index contributed by atoms with van der Waals surface area (Å²) >= 11 is 0. The third-order valence-electron chi connectivity index (χ3n) is 4.54. The number of rotatable bonds is 8. The summed E-state index contributed by atoms with van der Waals surface area (Å²) in [7, 11) is 1.90. The lowest BCUT2D eigenvalue weighted by Gasteiger charge is -2.18. The van der Waals surface area contributed by atoms with Crippen LogP contribution in [0.5, 0.6) is 0 Å². The number of likely N-dealkylation sites (N-methyl/N-ethyl adjacent to an activating group) is 1. The molecule has 150 valence electrons. The van der Waals surface area contributed by atoms with Crippen molar-refractivity contribution in [2.75, 3.05) is 25.0 Å². The molecule has 0 fully saturated rings. The number of amides is 1. The van der Waals surface area contributed by atoms with Gasteiger partial charge in [0.1, 0.15) is 11.5 Å². The van der Waals surface area contributed by atoms with Gasteiger partial charge in [-0.05, 0) is 55.2 Å². The highest BCUT2D eigenvalue weighted by Crippen LogP contribution is 2.11. The molecule has 0 bridgehead atoms. The summed E-state index contributed by atoms with van der Waals surface area (Å²) in [5.41, 5.74) is 2.76. The first-order valence-corrected chi connectivity index (χ1v) is 9.50. The molecule has 0 unspecified atom stereocenters. The number of pyridine rings is 1. The van der Waals surface area contributed by atoms with Crippen LogP contribution in [0.4, 0.5) is 10.3 Å². The average Bonchev–Trinajstić information content (AvgIpc) is 2.73. The molecule has 0 saturated carbocycles. The fraction of sp³-hybridized carbons (Fsp3) is 0.273. The van der Waals surface area contributed by atoms with Gasteiger partial charge in [0.05, 0.1) is 0 Å². The van der Waals surface area contributed by atoms with Gasteiger partial charge in [0.15, 0.2) is 0 Å². The predicted octanol–water partition coefficient (Wildman–Crippen LogP) is 2.97. The molecule has 0 saturated heterocycles. The number of carbonyl (C=O) groups excluding carboxylic acids is 1. The topological polar surface area (TPSA) is 71.0 Å². The second kappa shape index (κ2) is 9.73. The molecule has 3 aromatic rings. The van der Waals surface area contributed by atoms with Crippen molar-refractivity contribution in [3.63, 3.8) is 0 Å². The summed E-state index contributed by atoms with van der Waals surface area (Å²) in [6.07, 6.45) is 4.77. The van der Waals surface area contributed by atoms with Gasteiger partial charge in [-0.1, -0.05) is 18.2 Å². The molecular weight excluding hydrogens is 369 g/mol. The van der Waals surface area contributed by atoms with Gasteiger partial charge in [-0.15, -0.1) is 0 Å². The normalized spacial score (nSPS) is 10.6. The number of hydrogen-bond acceptors (Lipinski definition) is 5. The summed E-state index contributed by atoms with van der Waals surface area (Å²) in [5, 5.41) is 2.80. The van der Waals surface area contributed by atoms with E-state index in [1.165, 1.54) is 11.6 Å². The van der Waals surface area contributed by atoms with Crippen LogP contribution in [0.15, 0.2) is 54.9 Å². The maximum Gasteiger partial charge on any atom is 0.270 e. The van der Waals surface area contributed by atoms with E-state index in [2.05, 4.69) is 20.3 Å². The van der Waals surface area contributed by atoms with Gasteiger partial charge in [0.25, 0.3) is 5.91 Å². The molecule has 0 aliphatic heterocycles. The van der Waals surface area contributed by atoms with E-state index in [-0.39, 0.29) is 11.7 Å². The number of anilines is 1. The second-order valence-electron chi connectivity index (χ2n) is 6.82. The van der Waals surface area contributed by atoms with Crippen molar-refractivity contribution >= 4 is 11.9 Å². The standard InChI is InChI=1S/C22H24FN5O/c1-16-15-20(21(29)25-13-9-18-5-3-4-6-19(18)23)27-22(26-16)28(2)14-10-17-7-11-24-12-8-17/h3-8,11-12,15H,9-10,13-14H2,1-2H3,(H,25,29). The maximum absolute atomic E-state index is 13.7. The number of benzene rings is 1. The van der Waals surface area contributed by atoms with E-state index in [1.54, 1.807) is 36.7 Å². The number of aryl methyl sites for hydroxylation is 1. The van der Waals surface area contributed by atoms with E-state index in [0.717, 1.165) is 6.42 Å². The lowest BCUT2D eigenvalue weighted by atomic mass is 10.1. The highest BCUT2D eigenvalue weighted by atomic mass is 19.1. The maximum atomic E-state index is 13.7. The van der Waals surface area contributed by atoms with Crippen LogP contribution in [0.25, 0.3) is 0 Å². The number of carbonyl (C=O) groups is 1. The van der Waals surface area contributed by atoms with Crippen molar-refractivity contribution in [3.05, 3.63) is 83.2 Å². The van der Waals surface area contributed by atoms with Crippen LogP contribution in [-0.2, 0) is 12.8 Å². The van der Waals surface area contributed by atoms with Gasteiger partial charge >= 0.3 is 0 Å². The van der Waals surface area contributed by atoms with Crippen LogP contribution >= 0.6 is 0 Å². The first-order chi connectivity index (χ1) is 14.0. The van der Waals surface area contributed by atoms with Crippen LogP contribution < -0.4 is 10.2 Å². The molecule has 2 aromatic heterocycles. The summed E-state index contributed by atoms with van der Waals surface area (Å²) in [4.78, 5) is 27.3. The number of halogens is 1. The van der Waals surface area contributed by atoms with E-state index >= 15 is 0 Å². The molecule has 29 heavy (non-hydrogen) atoms.